The van der Waals surface area contributed by atoms with Gasteiger partial charge in [0.25, 0.3) is 5.91 Å². The van der Waals surface area contributed by atoms with Crippen LogP contribution in [0.5, 0.6) is 0 Å². The van der Waals surface area contributed by atoms with Crippen molar-refractivity contribution < 1.29 is 14.7 Å². The number of nitrogens with one attached hydrogen (secondary N) is 1. The van der Waals surface area contributed by atoms with E-state index in [0.29, 0.717) is 12.0 Å². The zero-order chi connectivity index (χ0) is 19.3. The van der Waals surface area contributed by atoms with E-state index in [2.05, 4.69) is 10.3 Å². The minimum Gasteiger partial charge on any atom is -0.480 e. The maximum atomic E-state index is 12.4. The average Bonchev–Trinajstić information content (AvgIpc) is 2.60. The lowest BCUT2D eigenvalue weighted by molar-refractivity contribution is -0.139. The number of pyridine rings is 1. The minimum atomic E-state index is -1.03. The number of carboxylic acids is 1. The molecule has 6 heteroatoms. The molecule has 1 aromatic carbocycles. The van der Waals surface area contributed by atoms with Crippen molar-refractivity contribution in [2.45, 2.75) is 26.3 Å². The highest BCUT2D eigenvalue weighted by molar-refractivity contribution is 5.97. The Morgan fingerprint density at radius 2 is 1.77 bits per heavy atom. The van der Waals surface area contributed by atoms with Crippen molar-refractivity contribution in [3.8, 4) is 11.1 Å². The first kappa shape index (κ1) is 19.4. The van der Waals surface area contributed by atoms with Crippen LogP contribution in [0.4, 0.5) is 5.69 Å². The minimum absolute atomic E-state index is 0.163. The zero-order valence-electron chi connectivity index (χ0n) is 15.6. The summed E-state index contributed by atoms with van der Waals surface area (Å²) in [6, 6.07) is 8.72. The molecule has 1 unspecified atom stereocenters. The Hall–Kier alpha value is -2.89. The van der Waals surface area contributed by atoms with Crippen molar-refractivity contribution in [2.75, 3.05) is 19.0 Å². The van der Waals surface area contributed by atoms with Gasteiger partial charge in [0.15, 0.2) is 0 Å². The molecule has 2 rings (SSSR count). The molecule has 0 aliphatic heterocycles. The van der Waals surface area contributed by atoms with Crippen molar-refractivity contribution in [3.05, 3.63) is 48.3 Å². The molecule has 1 aromatic heterocycles. The van der Waals surface area contributed by atoms with Gasteiger partial charge < -0.3 is 15.3 Å². The smallest absolute Gasteiger partial charge is 0.326 e. The molecule has 6 nitrogen and oxygen atoms in total. The van der Waals surface area contributed by atoms with Gasteiger partial charge in [-0.3, -0.25) is 9.78 Å². The second-order valence-corrected chi connectivity index (χ2v) is 6.90. The maximum Gasteiger partial charge on any atom is 0.326 e. The fourth-order valence-corrected chi connectivity index (χ4v) is 2.61. The number of rotatable bonds is 7. The molecule has 2 aromatic rings. The van der Waals surface area contributed by atoms with E-state index < -0.39 is 17.9 Å². The molecule has 0 spiro atoms. The lowest BCUT2D eigenvalue weighted by Gasteiger charge is -2.16. The lowest BCUT2D eigenvalue weighted by Crippen LogP contribution is -2.41. The van der Waals surface area contributed by atoms with Crippen LogP contribution in [0.3, 0.4) is 0 Å². The molecule has 0 aliphatic rings. The molecule has 0 bridgehead atoms. The monoisotopic (exact) mass is 355 g/mol. The predicted molar refractivity (Wildman–Crippen MR) is 102 cm³/mol. The van der Waals surface area contributed by atoms with Crippen LogP contribution in [0.1, 0.15) is 30.6 Å². The van der Waals surface area contributed by atoms with Crippen LogP contribution in [0.25, 0.3) is 11.1 Å². The normalized spacial score (nSPS) is 11.9. The van der Waals surface area contributed by atoms with Gasteiger partial charge in [-0.15, -0.1) is 0 Å². The van der Waals surface area contributed by atoms with E-state index >= 15 is 0 Å². The summed E-state index contributed by atoms with van der Waals surface area (Å²) in [5, 5.41) is 11.9. The van der Waals surface area contributed by atoms with Crippen LogP contribution in [0.2, 0.25) is 0 Å². The van der Waals surface area contributed by atoms with E-state index in [1.165, 1.54) is 6.20 Å². The summed E-state index contributed by atoms with van der Waals surface area (Å²) in [5.41, 5.74) is 3.16. The number of nitrogens with zero attached hydrogens (tertiary/aromatic N) is 2. The summed E-state index contributed by atoms with van der Waals surface area (Å²) in [5.74, 6) is -1.30. The molecular formula is C20H25N3O3. The van der Waals surface area contributed by atoms with Crippen LogP contribution in [-0.4, -0.2) is 42.1 Å². The van der Waals surface area contributed by atoms with Gasteiger partial charge in [-0.1, -0.05) is 26.0 Å². The van der Waals surface area contributed by atoms with Gasteiger partial charge in [-0.25, -0.2) is 4.79 Å². The van der Waals surface area contributed by atoms with E-state index in [4.69, 9.17) is 0 Å². The van der Waals surface area contributed by atoms with Gasteiger partial charge in [0, 0.05) is 37.7 Å². The van der Waals surface area contributed by atoms with Crippen molar-refractivity contribution >= 4 is 17.6 Å². The molecule has 1 amide bonds. The number of carbonyl (C=O) groups is 2. The van der Waals surface area contributed by atoms with Crippen molar-refractivity contribution in [3.63, 3.8) is 0 Å². The Labute approximate surface area is 153 Å². The van der Waals surface area contributed by atoms with Gasteiger partial charge in [-0.05, 0) is 36.1 Å². The third-order valence-electron chi connectivity index (χ3n) is 4.03. The van der Waals surface area contributed by atoms with Crippen LogP contribution >= 0.6 is 0 Å². The topological polar surface area (TPSA) is 82.5 Å². The molecule has 1 heterocycles. The van der Waals surface area contributed by atoms with E-state index in [9.17, 15) is 14.7 Å². The van der Waals surface area contributed by atoms with Crippen LogP contribution < -0.4 is 10.2 Å². The van der Waals surface area contributed by atoms with E-state index in [0.717, 1.165) is 16.8 Å². The summed E-state index contributed by atoms with van der Waals surface area (Å²) in [4.78, 5) is 29.9. The largest absolute Gasteiger partial charge is 0.480 e. The van der Waals surface area contributed by atoms with Crippen LogP contribution in [0.15, 0.2) is 42.7 Å². The first-order valence-corrected chi connectivity index (χ1v) is 8.54. The highest BCUT2D eigenvalue weighted by Crippen LogP contribution is 2.22. The quantitative estimate of drug-likeness (QED) is 0.798. The number of carboxylic acid groups (broad SMARTS) is 1. The molecule has 138 valence electrons. The SMILES string of the molecule is CC(C)CC(NC(=O)c1cncc(-c2ccc(N(C)C)cc2)c1)C(=O)O. The molecular weight excluding hydrogens is 330 g/mol. The second kappa shape index (κ2) is 8.47. The molecule has 0 aliphatic carbocycles. The fourth-order valence-electron chi connectivity index (χ4n) is 2.61. The van der Waals surface area contributed by atoms with Gasteiger partial charge in [0.2, 0.25) is 0 Å². The standard InChI is InChI=1S/C20H25N3O3/c1-13(2)9-18(20(25)26)22-19(24)16-10-15(11-21-12-16)14-5-7-17(8-6-14)23(3)4/h5-8,10-13,18H,9H2,1-4H3,(H,22,24)(H,25,26). The summed E-state index contributed by atoms with van der Waals surface area (Å²) in [7, 11) is 3.94. The van der Waals surface area contributed by atoms with Gasteiger partial charge in [-0.2, -0.15) is 0 Å². The second-order valence-electron chi connectivity index (χ2n) is 6.90. The zero-order valence-corrected chi connectivity index (χ0v) is 15.6. The summed E-state index contributed by atoms with van der Waals surface area (Å²) in [6.45, 7) is 3.84. The van der Waals surface area contributed by atoms with E-state index in [-0.39, 0.29) is 5.92 Å². The Morgan fingerprint density at radius 1 is 1.12 bits per heavy atom. The Balaban J connectivity index is 2.19. The van der Waals surface area contributed by atoms with Crippen molar-refractivity contribution in [2.24, 2.45) is 5.92 Å². The summed E-state index contributed by atoms with van der Waals surface area (Å²) >= 11 is 0. The maximum absolute atomic E-state index is 12.4. The first-order chi connectivity index (χ1) is 12.3. The third kappa shape index (κ3) is 5.05. The molecule has 0 saturated heterocycles. The Kier molecular flexibility index (Phi) is 6.33. The third-order valence-corrected chi connectivity index (χ3v) is 4.03. The number of hydrogen-bond donors (Lipinski definition) is 2. The Morgan fingerprint density at radius 3 is 2.31 bits per heavy atom. The first-order valence-electron chi connectivity index (χ1n) is 8.54. The highest BCUT2D eigenvalue weighted by Gasteiger charge is 2.22. The molecule has 1 atom stereocenters. The summed E-state index contributed by atoms with van der Waals surface area (Å²) < 4.78 is 0. The predicted octanol–water partition coefficient (Wildman–Crippen LogP) is 3.04. The number of carbonyl (C=O) groups excluding carboxylic acids is 1. The molecule has 0 fully saturated rings. The van der Waals surface area contributed by atoms with Gasteiger partial charge >= 0.3 is 5.97 Å². The number of hydrogen-bond acceptors (Lipinski definition) is 4. The van der Waals surface area contributed by atoms with Crippen molar-refractivity contribution in [1.82, 2.24) is 10.3 Å². The average molecular weight is 355 g/mol. The molecule has 0 saturated carbocycles. The lowest BCUT2D eigenvalue weighted by atomic mass is 10.0. The van der Waals surface area contributed by atoms with E-state index in [1.807, 2.05) is 57.1 Å². The highest BCUT2D eigenvalue weighted by atomic mass is 16.4. The van der Waals surface area contributed by atoms with Crippen LogP contribution in [-0.2, 0) is 4.79 Å². The van der Waals surface area contributed by atoms with Crippen LogP contribution in [0, 0.1) is 5.92 Å². The van der Waals surface area contributed by atoms with Gasteiger partial charge in [0.1, 0.15) is 6.04 Å². The van der Waals surface area contributed by atoms with Crippen molar-refractivity contribution in [1.29, 1.82) is 0 Å². The summed E-state index contributed by atoms with van der Waals surface area (Å²) in [6.07, 6.45) is 3.51. The fraction of sp³-hybridized carbons (Fsp3) is 0.350. The van der Waals surface area contributed by atoms with Gasteiger partial charge in [0.05, 0.1) is 5.56 Å². The van der Waals surface area contributed by atoms with E-state index in [1.54, 1.807) is 12.3 Å². The molecule has 2 N–H and O–H groups in total. The number of aliphatic carboxylic acids is 1. The number of amides is 1. The Bertz CT molecular complexity index is 770. The number of aromatic nitrogens is 1. The molecule has 26 heavy (non-hydrogen) atoms. The molecule has 0 radical (unpaired) electrons. The number of anilines is 1. The number of benzene rings is 1.